The van der Waals surface area contributed by atoms with Crippen molar-refractivity contribution in [3.8, 4) is 0 Å². The minimum absolute atomic E-state index is 0.0247. The van der Waals surface area contributed by atoms with Crippen molar-refractivity contribution in [3.63, 3.8) is 0 Å². The lowest BCUT2D eigenvalue weighted by Crippen LogP contribution is -2.34. The topological polar surface area (TPSA) is 114 Å². The molecule has 0 radical (unpaired) electrons. The van der Waals surface area contributed by atoms with Gasteiger partial charge >= 0.3 is 0 Å². The summed E-state index contributed by atoms with van der Waals surface area (Å²) in [5.74, 6) is -0.634. The molecule has 0 bridgehead atoms. The number of nitro groups is 1. The molecule has 0 spiro atoms. The Kier molecular flexibility index (Phi) is 14.7. The molecule has 0 atom stereocenters. The van der Waals surface area contributed by atoms with Gasteiger partial charge in [0.05, 0.1) is 17.7 Å². The molecule has 1 rings (SSSR count). The predicted molar refractivity (Wildman–Crippen MR) is 128 cm³/mol. The minimum Gasteiger partial charge on any atom is -0.347 e. The molecule has 0 fully saturated rings. The molecular weight excluding hydrogens is 432 g/mol. The summed E-state index contributed by atoms with van der Waals surface area (Å²) in [6, 6.07) is 4.19. The molecule has 0 aromatic heterocycles. The number of hydrogen-bond acceptors (Lipinski definition) is 5. The van der Waals surface area contributed by atoms with Crippen LogP contribution in [0.1, 0.15) is 89.5 Å². The number of carbonyl (C=O) groups is 2. The molecule has 9 heteroatoms. The van der Waals surface area contributed by atoms with E-state index in [-0.39, 0.29) is 23.2 Å². The molecule has 32 heavy (non-hydrogen) atoms. The molecule has 2 N–H and O–H groups in total. The van der Waals surface area contributed by atoms with Crippen LogP contribution >= 0.6 is 11.6 Å². The molecule has 0 heterocycles. The van der Waals surface area contributed by atoms with Gasteiger partial charge in [0.15, 0.2) is 0 Å². The van der Waals surface area contributed by atoms with Crippen LogP contribution in [0.4, 0.5) is 5.69 Å². The van der Waals surface area contributed by atoms with E-state index in [1.165, 1.54) is 69.7 Å². The summed E-state index contributed by atoms with van der Waals surface area (Å²) in [7, 11) is 0. The zero-order chi connectivity index (χ0) is 23.6. The number of halogens is 1. The quantitative estimate of drug-likeness (QED) is 0.136. The van der Waals surface area contributed by atoms with Crippen molar-refractivity contribution in [3.05, 3.63) is 38.9 Å². The molecule has 0 saturated carbocycles. The Hall–Kier alpha value is -2.48. The summed E-state index contributed by atoms with van der Waals surface area (Å²) in [5, 5.41) is 17.2. The lowest BCUT2D eigenvalue weighted by atomic mass is 10.1. The minimum atomic E-state index is -0.594. The first-order valence-electron chi connectivity index (χ1n) is 11.5. The maximum absolute atomic E-state index is 11.8. The number of nitrogens with zero attached hydrogens (tertiary/aromatic N) is 2. The van der Waals surface area contributed by atoms with Gasteiger partial charge < -0.3 is 5.32 Å². The van der Waals surface area contributed by atoms with Crippen molar-refractivity contribution in [1.29, 1.82) is 0 Å². The molecule has 2 amide bonds. The van der Waals surface area contributed by atoms with Crippen LogP contribution in [0, 0.1) is 10.1 Å². The Balaban J connectivity index is 2.08. The highest BCUT2D eigenvalue weighted by Gasteiger charge is 2.12. The first kappa shape index (κ1) is 27.6. The smallest absolute Gasteiger partial charge is 0.288 e. The fraction of sp³-hybridized carbons (Fsp3) is 0.609. The van der Waals surface area contributed by atoms with Crippen LogP contribution in [0.2, 0.25) is 5.02 Å². The fourth-order valence-electron chi connectivity index (χ4n) is 3.19. The Morgan fingerprint density at radius 3 is 2.19 bits per heavy atom. The van der Waals surface area contributed by atoms with Gasteiger partial charge in [0.2, 0.25) is 5.91 Å². The molecule has 0 aliphatic rings. The molecule has 1 aromatic rings. The van der Waals surface area contributed by atoms with Gasteiger partial charge in [-0.05, 0) is 12.5 Å². The van der Waals surface area contributed by atoms with E-state index in [1.54, 1.807) is 6.07 Å². The largest absolute Gasteiger partial charge is 0.347 e. The van der Waals surface area contributed by atoms with Crippen molar-refractivity contribution < 1.29 is 14.5 Å². The summed E-state index contributed by atoms with van der Waals surface area (Å²) in [4.78, 5) is 33.9. The number of rotatable bonds is 17. The van der Waals surface area contributed by atoms with Crippen molar-refractivity contribution in [2.24, 2.45) is 5.10 Å². The average molecular weight is 467 g/mol. The van der Waals surface area contributed by atoms with Crippen LogP contribution in [0.25, 0.3) is 0 Å². The highest BCUT2D eigenvalue weighted by molar-refractivity contribution is 6.32. The van der Waals surface area contributed by atoms with E-state index in [0.29, 0.717) is 12.0 Å². The maximum atomic E-state index is 11.8. The zero-order valence-corrected chi connectivity index (χ0v) is 19.7. The lowest BCUT2D eigenvalue weighted by Gasteiger charge is -2.05. The van der Waals surface area contributed by atoms with Gasteiger partial charge in [-0.1, -0.05) is 88.8 Å². The highest BCUT2D eigenvalue weighted by Crippen LogP contribution is 2.24. The molecular formula is C23H35ClN4O4. The Labute approximate surface area is 195 Å². The van der Waals surface area contributed by atoms with Crippen LogP contribution in [0.3, 0.4) is 0 Å². The molecule has 0 aliphatic carbocycles. The fourth-order valence-corrected chi connectivity index (χ4v) is 3.37. The van der Waals surface area contributed by atoms with E-state index < -0.39 is 10.8 Å². The Morgan fingerprint density at radius 1 is 1.00 bits per heavy atom. The van der Waals surface area contributed by atoms with Gasteiger partial charge in [-0.3, -0.25) is 19.7 Å². The summed E-state index contributed by atoms with van der Waals surface area (Å²) in [5.41, 5.74) is 2.45. The molecule has 0 saturated heterocycles. The van der Waals surface area contributed by atoms with E-state index in [4.69, 9.17) is 11.6 Å². The number of unbranched alkanes of at least 4 members (excludes halogenated alkanes) is 10. The number of hydrazone groups is 1. The van der Waals surface area contributed by atoms with E-state index in [2.05, 4.69) is 22.8 Å². The van der Waals surface area contributed by atoms with Crippen LogP contribution in [0.15, 0.2) is 23.3 Å². The molecule has 8 nitrogen and oxygen atoms in total. The summed E-state index contributed by atoms with van der Waals surface area (Å²) >= 11 is 5.74. The second kappa shape index (κ2) is 17.1. The van der Waals surface area contributed by atoms with Crippen LogP contribution < -0.4 is 10.7 Å². The first-order valence-corrected chi connectivity index (χ1v) is 11.8. The van der Waals surface area contributed by atoms with Crippen molar-refractivity contribution >= 4 is 35.3 Å². The van der Waals surface area contributed by atoms with Crippen LogP contribution in [-0.2, 0) is 9.59 Å². The maximum Gasteiger partial charge on any atom is 0.288 e. The second-order valence-electron chi connectivity index (χ2n) is 7.82. The average Bonchev–Trinajstić information content (AvgIpc) is 2.77. The normalized spacial score (nSPS) is 10.9. The van der Waals surface area contributed by atoms with E-state index in [0.717, 1.165) is 19.3 Å². The first-order chi connectivity index (χ1) is 15.4. The summed E-state index contributed by atoms with van der Waals surface area (Å²) < 4.78 is 0. The molecule has 0 aliphatic heterocycles. The Morgan fingerprint density at radius 2 is 1.59 bits per heavy atom. The van der Waals surface area contributed by atoms with Crippen LogP contribution in [-0.4, -0.2) is 29.5 Å². The van der Waals surface area contributed by atoms with Gasteiger partial charge in [0.25, 0.3) is 11.6 Å². The van der Waals surface area contributed by atoms with Crippen LogP contribution in [0.5, 0.6) is 0 Å². The van der Waals surface area contributed by atoms with E-state index >= 15 is 0 Å². The molecule has 0 unspecified atom stereocenters. The summed E-state index contributed by atoms with van der Waals surface area (Å²) in [6.07, 6.45) is 15.1. The Bertz CT molecular complexity index is 756. The predicted octanol–water partition coefficient (Wildman–Crippen LogP) is 5.52. The lowest BCUT2D eigenvalue weighted by molar-refractivity contribution is -0.384. The van der Waals surface area contributed by atoms with Crippen molar-refractivity contribution in [1.82, 2.24) is 10.7 Å². The number of carbonyl (C=O) groups excluding carboxylic acids is 2. The number of nitro benzene ring substituents is 1. The SMILES string of the molecule is CCCCCCCCCCCCCC(=O)NCC(=O)N/N=C\c1ccc(Cl)c([N+](=O)[O-])c1. The third-order valence-corrected chi connectivity index (χ3v) is 5.34. The molecule has 178 valence electrons. The number of nitrogens with one attached hydrogen (secondary N) is 2. The second-order valence-corrected chi connectivity index (χ2v) is 8.23. The number of amides is 2. The van der Waals surface area contributed by atoms with Gasteiger partial charge in [-0.2, -0.15) is 5.10 Å². The van der Waals surface area contributed by atoms with Gasteiger partial charge in [0.1, 0.15) is 5.02 Å². The number of hydrogen-bond donors (Lipinski definition) is 2. The third kappa shape index (κ3) is 13.0. The zero-order valence-electron chi connectivity index (χ0n) is 18.9. The number of benzene rings is 1. The van der Waals surface area contributed by atoms with Gasteiger partial charge in [0, 0.05) is 18.1 Å². The van der Waals surface area contributed by atoms with Gasteiger partial charge in [-0.25, -0.2) is 5.43 Å². The van der Waals surface area contributed by atoms with E-state index in [9.17, 15) is 19.7 Å². The standard InChI is InChI=1S/C23H35ClN4O4/c1-2-3-4-5-6-7-8-9-10-11-12-13-22(29)25-18-23(30)27-26-17-19-14-15-20(24)21(16-19)28(31)32/h14-17H,2-13,18H2,1H3,(H,25,29)(H,27,30)/b26-17-. The van der Waals surface area contributed by atoms with Gasteiger partial charge in [-0.15, -0.1) is 0 Å². The highest BCUT2D eigenvalue weighted by atomic mass is 35.5. The van der Waals surface area contributed by atoms with Crippen molar-refractivity contribution in [2.45, 2.75) is 84.0 Å². The van der Waals surface area contributed by atoms with E-state index in [1.807, 2.05) is 0 Å². The third-order valence-electron chi connectivity index (χ3n) is 5.02. The monoisotopic (exact) mass is 466 g/mol. The summed E-state index contributed by atoms with van der Waals surface area (Å²) in [6.45, 7) is 2.06. The molecule has 1 aromatic carbocycles. The van der Waals surface area contributed by atoms with Crippen molar-refractivity contribution in [2.75, 3.05) is 6.54 Å².